The number of carbonyl (C=O) groups is 2. The highest BCUT2D eigenvalue weighted by molar-refractivity contribution is 5.77. The van der Waals surface area contributed by atoms with Crippen LogP contribution in [0.1, 0.15) is 63.2 Å². The maximum absolute atomic E-state index is 12.8. The predicted octanol–water partition coefficient (Wildman–Crippen LogP) is 3.22. The number of aromatic nitrogens is 2. The first-order valence-electron chi connectivity index (χ1n) is 11.4. The number of aryl methyl sites for hydroxylation is 1. The van der Waals surface area contributed by atoms with Crippen LogP contribution >= 0.6 is 0 Å². The lowest BCUT2D eigenvalue weighted by atomic mass is 10.0. The minimum atomic E-state index is 0.00936. The first-order chi connectivity index (χ1) is 15.4. The van der Waals surface area contributed by atoms with Gasteiger partial charge in [-0.25, -0.2) is 0 Å². The molecule has 1 saturated heterocycles. The SMILES string of the molecule is COc1ccc(CCC(=O)N2CCCC(N(CCc3noc(C(C)C)n3)C(C)=O)C2)cc1. The molecule has 8 heteroatoms. The van der Waals surface area contributed by atoms with Gasteiger partial charge < -0.3 is 19.1 Å². The summed E-state index contributed by atoms with van der Waals surface area (Å²) < 4.78 is 10.4. The van der Waals surface area contributed by atoms with Gasteiger partial charge in [0.1, 0.15) is 5.75 Å². The van der Waals surface area contributed by atoms with Gasteiger partial charge in [0, 0.05) is 51.4 Å². The second-order valence-electron chi connectivity index (χ2n) is 8.65. The molecule has 0 N–H and O–H groups in total. The fourth-order valence-electron chi connectivity index (χ4n) is 4.06. The van der Waals surface area contributed by atoms with Crippen LogP contribution in [-0.4, -0.2) is 64.5 Å². The van der Waals surface area contributed by atoms with Crippen molar-refractivity contribution in [2.75, 3.05) is 26.7 Å². The molecule has 1 aromatic heterocycles. The van der Waals surface area contributed by atoms with Crippen LogP contribution < -0.4 is 4.74 Å². The lowest BCUT2D eigenvalue weighted by molar-refractivity contribution is -0.138. The molecule has 0 spiro atoms. The average Bonchev–Trinajstić information content (AvgIpc) is 3.27. The lowest BCUT2D eigenvalue weighted by Crippen LogP contribution is -2.51. The maximum Gasteiger partial charge on any atom is 0.229 e. The monoisotopic (exact) mass is 442 g/mol. The number of hydrogen-bond donors (Lipinski definition) is 0. The first-order valence-corrected chi connectivity index (χ1v) is 11.4. The van der Waals surface area contributed by atoms with Crippen LogP contribution in [0.15, 0.2) is 28.8 Å². The van der Waals surface area contributed by atoms with E-state index >= 15 is 0 Å². The van der Waals surface area contributed by atoms with E-state index < -0.39 is 0 Å². The molecule has 1 fully saturated rings. The molecule has 0 bridgehead atoms. The Bertz CT molecular complexity index is 894. The van der Waals surface area contributed by atoms with E-state index in [1.165, 1.54) is 0 Å². The van der Waals surface area contributed by atoms with Gasteiger partial charge in [-0.2, -0.15) is 4.98 Å². The summed E-state index contributed by atoms with van der Waals surface area (Å²) in [6.45, 7) is 7.42. The van der Waals surface area contributed by atoms with Crippen molar-refractivity contribution < 1.29 is 18.8 Å². The molecule has 2 heterocycles. The quantitative estimate of drug-likeness (QED) is 0.592. The molecule has 2 aromatic rings. The molecule has 1 unspecified atom stereocenters. The van der Waals surface area contributed by atoms with Crippen molar-refractivity contribution in [1.82, 2.24) is 19.9 Å². The van der Waals surface area contributed by atoms with Gasteiger partial charge in [-0.05, 0) is 37.0 Å². The van der Waals surface area contributed by atoms with E-state index in [4.69, 9.17) is 9.26 Å². The lowest BCUT2D eigenvalue weighted by Gasteiger charge is -2.39. The highest BCUT2D eigenvalue weighted by Crippen LogP contribution is 2.19. The molecule has 1 atom stereocenters. The fraction of sp³-hybridized carbons (Fsp3) is 0.583. The van der Waals surface area contributed by atoms with Crippen LogP contribution in [0.25, 0.3) is 0 Å². The van der Waals surface area contributed by atoms with Crippen LogP contribution in [0.3, 0.4) is 0 Å². The molecule has 32 heavy (non-hydrogen) atoms. The molecule has 1 aliphatic heterocycles. The number of ether oxygens (including phenoxy) is 1. The van der Waals surface area contributed by atoms with Gasteiger partial charge in [-0.15, -0.1) is 0 Å². The van der Waals surface area contributed by atoms with Gasteiger partial charge in [0.15, 0.2) is 5.82 Å². The molecule has 0 aliphatic carbocycles. The largest absolute Gasteiger partial charge is 0.497 e. The standard InChI is InChI=1S/C24H34N4O4/c1-17(2)24-25-22(26-32-24)13-15-28(18(3)29)20-6-5-14-27(16-20)23(30)12-9-19-7-10-21(31-4)11-8-19/h7-8,10-11,17,20H,5-6,9,12-16H2,1-4H3. The zero-order valence-electron chi connectivity index (χ0n) is 19.5. The zero-order chi connectivity index (χ0) is 23.1. The summed E-state index contributed by atoms with van der Waals surface area (Å²) in [5.41, 5.74) is 1.11. The molecule has 174 valence electrons. The van der Waals surface area contributed by atoms with Gasteiger partial charge in [0.05, 0.1) is 7.11 Å². The average molecular weight is 443 g/mol. The van der Waals surface area contributed by atoms with Crippen LogP contribution in [0.2, 0.25) is 0 Å². The third kappa shape index (κ3) is 6.31. The molecule has 0 saturated carbocycles. The third-order valence-corrected chi connectivity index (χ3v) is 5.94. The van der Waals surface area contributed by atoms with Crippen LogP contribution in [0, 0.1) is 0 Å². The molecule has 8 nitrogen and oxygen atoms in total. The normalized spacial score (nSPS) is 16.3. The summed E-state index contributed by atoms with van der Waals surface area (Å²) in [6, 6.07) is 7.82. The van der Waals surface area contributed by atoms with Gasteiger partial charge in [-0.1, -0.05) is 31.1 Å². The van der Waals surface area contributed by atoms with Crippen molar-refractivity contribution in [3.05, 3.63) is 41.5 Å². The Balaban J connectivity index is 1.54. The fourth-order valence-corrected chi connectivity index (χ4v) is 4.06. The molecule has 1 aromatic carbocycles. The summed E-state index contributed by atoms with van der Waals surface area (Å²) in [6.07, 6.45) is 3.47. The van der Waals surface area contributed by atoms with Gasteiger partial charge in [0.25, 0.3) is 0 Å². The zero-order valence-corrected chi connectivity index (χ0v) is 19.5. The highest BCUT2D eigenvalue weighted by Gasteiger charge is 2.29. The van der Waals surface area contributed by atoms with E-state index in [1.54, 1.807) is 14.0 Å². The Labute approximate surface area is 189 Å². The molecule has 0 radical (unpaired) electrons. The summed E-state index contributed by atoms with van der Waals surface area (Å²) in [5.74, 6) is 2.35. The second-order valence-corrected chi connectivity index (χ2v) is 8.65. The predicted molar refractivity (Wildman–Crippen MR) is 120 cm³/mol. The summed E-state index contributed by atoms with van der Waals surface area (Å²) in [7, 11) is 1.64. The van der Waals surface area contributed by atoms with E-state index in [2.05, 4.69) is 10.1 Å². The van der Waals surface area contributed by atoms with Crippen molar-refractivity contribution in [2.45, 2.75) is 64.8 Å². The Morgan fingerprint density at radius 2 is 2.00 bits per heavy atom. The number of piperidine rings is 1. The Kier molecular flexibility index (Phi) is 8.25. The number of nitrogens with zero attached hydrogens (tertiary/aromatic N) is 4. The number of likely N-dealkylation sites (tertiary alicyclic amines) is 1. The van der Waals surface area contributed by atoms with Crippen molar-refractivity contribution >= 4 is 11.8 Å². The molecular formula is C24H34N4O4. The molecule has 3 rings (SSSR count). The van der Waals surface area contributed by atoms with Crippen molar-refractivity contribution in [3.63, 3.8) is 0 Å². The minimum Gasteiger partial charge on any atom is -0.497 e. The van der Waals surface area contributed by atoms with Crippen molar-refractivity contribution in [3.8, 4) is 5.75 Å². The number of rotatable bonds is 9. The molecule has 2 amide bonds. The minimum absolute atomic E-state index is 0.00936. The van der Waals surface area contributed by atoms with Crippen LogP contribution in [-0.2, 0) is 22.4 Å². The van der Waals surface area contributed by atoms with E-state index in [9.17, 15) is 9.59 Å². The van der Waals surface area contributed by atoms with E-state index in [0.717, 1.165) is 30.7 Å². The molecule has 1 aliphatic rings. The summed E-state index contributed by atoms with van der Waals surface area (Å²) in [5, 5.41) is 4.02. The van der Waals surface area contributed by atoms with E-state index in [0.29, 0.717) is 44.1 Å². The Morgan fingerprint density at radius 1 is 1.25 bits per heavy atom. The van der Waals surface area contributed by atoms with Gasteiger partial charge in [-0.3, -0.25) is 9.59 Å². The van der Waals surface area contributed by atoms with Crippen molar-refractivity contribution in [2.24, 2.45) is 0 Å². The number of methoxy groups -OCH3 is 1. The molecular weight excluding hydrogens is 408 g/mol. The smallest absolute Gasteiger partial charge is 0.229 e. The number of benzene rings is 1. The van der Waals surface area contributed by atoms with E-state index in [-0.39, 0.29) is 23.8 Å². The van der Waals surface area contributed by atoms with Crippen molar-refractivity contribution in [1.29, 1.82) is 0 Å². The third-order valence-electron chi connectivity index (χ3n) is 5.94. The Hall–Kier alpha value is -2.90. The summed E-state index contributed by atoms with van der Waals surface area (Å²) in [4.78, 5) is 33.4. The van der Waals surface area contributed by atoms with Crippen LogP contribution in [0.5, 0.6) is 5.75 Å². The van der Waals surface area contributed by atoms with E-state index in [1.807, 2.05) is 47.9 Å². The number of carbonyl (C=O) groups excluding carboxylic acids is 2. The number of hydrogen-bond acceptors (Lipinski definition) is 6. The van der Waals surface area contributed by atoms with Gasteiger partial charge in [0.2, 0.25) is 17.7 Å². The second kappa shape index (κ2) is 11.1. The highest BCUT2D eigenvalue weighted by atomic mass is 16.5. The number of amides is 2. The van der Waals surface area contributed by atoms with Crippen LogP contribution in [0.4, 0.5) is 0 Å². The first kappa shape index (κ1) is 23.8. The van der Waals surface area contributed by atoms with Gasteiger partial charge >= 0.3 is 0 Å². The topological polar surface area (TPSA) is 88.8 Å². The maximum atomic E-state index is 12.8. The summed E-state index contributed by atoms with van der Waals surface area (Å²) >= 11 is 0. The Morgan fingerprint density at radius 3 is 2.62 bits per heavy atom.